The summed E-state index contributed by atoms with van der Waals surface area (Å²) in [4.78, 5) is 12.1. The number of amides is 1. The van der Waals surface area contributed by atoms with Crippen LogP contribution in [0.25, 0.3) is 0 Å². The van der Waals surface area contributed by atoms with Crippen molar-refractivity contribution in [2.75, 3.05) is 25.1 Å². The molecule has 1 aliphatic rings. The molecule has 16 heavy (non-hydrogen) atoms. The van der Waals surface area contributed by atoms with Gasteiger partial charge in [0.15, 0.2) is 0 Å². The van der Waals surface area contributed by atoms with Gasteiger partial charge in [-0.2, -0.15) is 11.8 Å². The molecule has 0 aromatic heterocycles. The number of thioether (sulfide) groups is 1. The number of hydrogen-bond acceptors (Lipinski definition) is 3. The number of nitrogens with one attached hydrogen (secondary N) is 2. The summed E-state index contributed by atoms with van der Waals surface area (Å²) < 4.78 is 0. The zero-order chi connectivity index (χ0) is 12.0. The lowest BCUT2D eigenvalue weighted by Crippen LogP contribution is -2.50. The van der Waals surface area contributed by atoms with Crippen LogP contribution in [0.15, 0.2) is 0 Å². The molecule has 0 saturated carbocycles. The van der Waals surface area contributed by atoms with Crippen LogP contribution in [0.5, 0.6) is 0 Å². The Labute approximate surface area is 103 Å². The summed E-state index contributed by atoms with van der Waals surface area (Å²) in [5.74, 6) is 1.32. The summed E-state index contributed by atoms with van der Waals surface area (Å²) in [5, 5.41) is 6.44. The molecule has 0 aromatic carbocycles. The van der Waals surface area contributed by atoms with Crippen molar-refractivity contribution in [2.45, 2.75) is 39.2 Å². The van der Waals surface area contributed by atoms with Crippen LogP contribution >= 0.6 is 11.8 Å². The van der Waals surface area contributed by atoms with Gasteiger partial charge in [-0.05, 0) is 51.7 Å². The number of hydrogen-bond donors (Lipinski definition) is 2. The molecule has 1 fully saturated rings. The van der Waals surface area contributed by atoms with Gasteiger partial charge in [-0.15, -0.1) is 0 Å². The molecule has 0 spiro atoms. The van der Waals surface area contributed by atoms with E-state index in [9.17, 15) is 4.79 Å². The van der Waals surface area contributed by atoms with E-state index < -0.39 is 0 Å². The van der Waals surface area contributed by atoms with Gasteiger partial charge in [0.2, 0.25) is 5.91 Å². The molecule has 0 aromatic rings. The second kappa shape index (κ2) is 6.50. The van der Waals surface area contributed by atoms with E-state index in [0.29, 0.717) is 6.04 Å². The summed E-state index contributed by atoms with van der Waals surface area (Å²) in [7, 11) is 0. The minimum absolute atomic E-state index is 0.203. The highest BCUT2D eigenvalue weighted by Gasteiger charge is 2.34. The highest BCUT2D eigenvalue weighted by Crippen LogP contribution is 2.25. The fourth-order valence-electron chi connectivity index (χ4n) is 2.01. The Balaban J connectivity index is 2.38. The van der Waals surface area contributed by atoms with Gasteiger partial charge in [-0.3, -0.25) is 4.79 Å². The van der Waals surface area contributed by atoms with Gasteiger partial charge in [0.25, 0.3) is 0 Å². The van der Waals surface area contributed by atoms with Gasteiger partial charge in [0, 0.05) is 12.6 Å². The lowest BCUT2D eigenvalue weighted by Gasteiger charge is -2.33. The lowest BCUT2D eigenvalue weighted by molar-refractivity contribution is -0.131. The summed E-state index contributed by atoms with van der Waals surface area (Å²) in [5.41, 5.74) is -0.203. The second-order valence-corrected chi connectivity index (χ2v) is 5.98. The smallest absolute Gasteiger partial charge is 0.227 e. The second-order valence-electron chi connectivity index (χ2n) is 5.00. The van der Waals surface area contributed by atoms with Gasteiger partial charge in [-0.25, -0.2) is 0 Å². The van der Waals surface area contributed by atoms with E-state index in [1.165, 1.54) is 0 Å². The summed E-state index contributed by atoms with van der Waals surface area (Å²) in [6.07, 6.45) is 5.25. The predicted octanol–water partition coefficient (Wildman–Crippen LogP) is 1.63. The SMILES string of the molecule is CSCCC(C)NC(=O)C1(C)CCCNC1. The Kier molecular flexibility index (Phi) is 5.62. The van der Waals surface area contributed by atoms with Crippen LogP contribution in [0.3, 0.4) is 0 Å². The maximum atomic E-state index is 12.1. The van der Waals surface area contributed by atoms with Crippen LogP contribution in [0.2, 0.25) is 0 Å². The summed E-state index contributed by atoms with van der Waals surface area (Å²) >= 11 is 1.83. The van der Waals surface area contributed by atoms with Gasteiger partial charge in [0.1, 0.15) is 0 Å². The van der Waals surface area contributed by atoms with E-state index in [1.54, 1.807) is 0 Å². The monoisotopic (exact) mass is 244 g/mol. The maximum absolute atomic E-state index is 12.1. The highest BCUT2D eigenvalue weighted by atomic mass is 32.2. The predicted molar refractivity (Wildman–Crippen MR) is 70.8 cm³/mol. The maximum Gasteiger partial charge on any atom is 0.227 e. The first-order valence-electron chi connectivity index (χ1n) is 6.09. The Hall–Kier alpha value is -0.220. The van der Waals surface area contributed by atoms with E-state index >= 15 is 0 Å². The lowest BCUT2D eigenvalue weighted by atomic mass is 9.81. The third-order valence-corrected chi connectivity index (χ3v) is 3.92. The Bertz CT molecular complexity index is 227. The Morgan fingerprint density at radius 1 is 1.62 bits per heavy atom. The molecule has 3 nitrogen and oxygen atoms in total. The van der Waals surface area contributed by atoms with Gasteiger partial charge in [-0.1, -0.05) is 0 Å². The first-order chi connectivity index (χ1) is 7.58. The van der Waals surface area contributed by atoms with Gasteiger partial charge < -0.3 is 10.6 Å². The Morgan fingerprint density at radius 2 is 2.38 bits per heavy atom. The van der Waals surface area contributed by atoms with Gasteiger partial charge >= 0.3 is 0 Å². The van der Waals surface area contributed by atoms with Crippen LogP contribution < -0.4 is 10.6 Å². The van der Waals surface area contributed by atoms with Crippen molar-refractivity contribution < 1.29 is 4.79 Å². The topological polar surface area (TPSA) is 41.1 Å². The van der Waals surface area contributed by atoms with Crippen molar-refractivity contribution >= 4 is 17.7 Å². The average molecular weight is 244 g/mol. The minimum Gasteiger partial charge on any atom is -0.353 e. The Morgan fingerprint density at radius 3 is 2.94 bits per heavy atom. The fourth-order valence-corrected chi connectivity index (χ4v) is 2.60. The molecule has 0 bridgehead atoms. The largest absolute Gasteiger partial charge is 0.353 e. The first kappa shape index (κ1) is 13.8. The van der Waals surface area contributed by atoms with Crippen LogP contribution in [0.4, 0.5) is 0 Å². The molecule has 4 heteroatoms. The number of rotatable bonds is 5. The van der Waals surface area contributed by atoms with Gasteiger partial charge in [0.05, 0.1) is 5.41 Å². The van der Waals surface area contributed by atoms with E-state index in [4.69, 9.17) is 0 Å². The molecule has 0 radical (unpaired) electrons. The molecule has 2 unspecified atom stereocenters. The normalized spacial score (nSPS) is 27.4. The molecule has 0 aliphatic carbocycles. The third-order valence-electron chi connectivity index (χ3n) is 3.28. The molecule has 1 rings (SSSR count). The van der Waals surface area contributed by atoms with Crippen molar-refractivity contribution in [3.8, 4) is 0 Å². The van der Waals surface area contributed by atoms with E-state index in [0.717, 1.165) is 38.1 Å². The summed E-state index contributed by atoms with van der Waals surface area (Å²) in [6, 6.07) is 0.290. The molecule has 2 N–H and O–H groups in total. The van der Waals surface area contributed by atoms with Crippen LogP contribution in [0, 0.1) is 5.41 Å². The fraction of sp³-hybridized carbons (Fsp3) is 0.917. The molecule has 1 heterocycles. The molecule has 1 aliphatic heterocycles. The highest BCUT2D eigenvalue weighted by molar-refractivity contribution is 7.98. The molecular formula is C12H24N2OS. The quantitative estimate of drug-likeness (QED) is 0.772. The first-order valence-corrected chi connectivity index (χ1v) is 7.48. The molecule has 1 saturated heterocycles. The zero-order valence-electron chi connectivity index (χ0n) is 10.6. The van der Waals surface area contributed by atoms with Crippen LogP contribution in [-0.4, -0.2) is 37.0 Å². The van der Waals surface area contributed by atoms with Crippen molar-refractivity contribution in [1.82, 2.24) is 10.6 Å². The zero-order valence-corrected chi connectivity index (χ0v) is 11.5. The van der Waals surface area contributed by atoms with Crippen LogP contribution in [-0.2, 0) is 4.79 Å². The van der Waals surface area contributed by atoms with E-state index in [1.807, 2.05) is 11.8 Å². The van der Waals surface area contributed by atoms with Crippen molar-refractivity contribution in [2.24, 2.45) is 5.41 Å². The third kappa shape index (κ3) is 3.98. The molecule has 94 valence electrons. The van der Waals surface area contributed by atoms with Crippen molar-refractivity contribution in [3.63, 3.8) is 0 Å². The number of carbonyl (C=O) groups is 1. The van der Waals surface area contributed by atoms with Crippen LogP contribution in [0.1, 0.15) is 33.1 Å². The molecule has 2 atom stereocenters. The van der Waals surface area contributed by atoms with E-state index in [2.05, 4.69) is 30.7 Å². The number of carbonyl (C=O) groups excluding carboxylic acids is 1. The standard InChI is InChI=1S/C12H24N2OS/c1-10(5-8-16-3)14-11(15)12(2)6-4-7-13-9-12/h10,13H,4-9H2,1-3H3,(H,14,15). The number of piperidine rings is 1. The average Bonchev–Trinajstić information content (AvgIpc) is 2.27. The van der Waals surface area contributed by atoms with E-state index in [-0.39, 0.29) is 11.3 Å². The molecular weight excluding hydrogens is 220 g/mol. The minimum atomic E-state index is -0.203. The van der Waals surface area contributed by atoms with Crippen molar-refractivity contribution in [1.29, 1.82) is 0 Å². The van der Waals surface area contributed by atoms with Crippen molar-refractivity contribution in [3.05, 3.63) is 0 Å². The summed E-state index contributed by atoms with van der Waals surface area (Å²) in [6.45, 7) is 6.02. The molecule has 1 amide bonds.